The van der Waals surface area contributed by atoms with E-state index >= 15 is 0 Å². The molecule has 0 aromatic heterocycles. The van der Waals surface area contributed by atoms with Crippen molar-refractivity contribution in [3.8, 4) is 0 Å². The minimum Gasteiger partial charge on any atom is -0.261 e. The predicted molar refractivity (Wildman–Crippen MR) is 17.6 cm³/mol. The average molecular weight is 59.1 g/mol. The third-order valence-electron chi connectivity index (χ3n) is 0.177. The fourth-order valence-electron chi connectivity index (χ4n) is 0. The second kappa shape index (κ2) is 2.92. The van der Waals surface area contributed by atoms with Crippen molar-refractivity contribution in [1.82, 2.24) is 10.9 Å². The summed E-state index contributed by atoms with van der Waals surface area (Å²) in [5, 5.41) is 0. The van der Waals surface area contributed by atoms with Crippen LogP contribution < -0.4 is 10.9 Å². The summed E-state index contributed by atoms with van der Waals surface area (Å²) in [5.41, 5.74) is 5.00. The van der Waals surface area contributed by atoms with Gasteiger partial charge in [-0.15, -0.1) is 0 Å². The van der Waals surface area contributed by atoms with Gasteiger partial charge in [0.1, 0.15) is 0 Å². The van der Waals surface area contributed by atoms with Crippen LogP contribution in [0.5, 0.6) is 0 Å². The molecule has 0 aliphatic rings. The Bertz CT molecular complexity index is 6.00. The number of rotatable bonds is 1. The van der Waals surface area contributed by atoms with Crippen molar-refractivity contribution in [1.29, 1.82) is 0 Å². The van der Waals surface area contributed by atoms with Crippen LogP contribution in [-0.4, -0.2) is 7.05 Å². The minimum atomic E-state index is 1.76. The number of nitrogens with one attached hydrogen (secondary N) is 2. The third kappa shape index (κ3) is 1.92. The van der Waals surface area contributed by atoms with Crippen LogP contribution in [0.2, 0.25) is 0 Å². The van der Waals surface area contributed by atoms with Crippen molar-refractivity contribution in [3.63, 3.8) is 0 Å². The van der Waals surface area contributed by atoms with E-state index in [4.69, 9.17) is 0 Å². The van der Waals surface area contributed by atoms with E-state index in [9.17, 15) is 0 Å². The van der Waals surface area contributed by atoms with E-state index < -0.39 is 0 Å². The Labute approximate surface area is 26.2 Å². The van der Waals surface area contributed by atoms with E-state index in [0.717, 1.165) is 0 Å². The topological polar surface area (TPSA) is 24.1 Å². The van der Waals surface area contributed by atoms with Crippen LogP contribution in [0, 0.1) is 7.05 Å². The molecule has 0 saturated heterocycles. The smallest absolute Gasteiger partial charge is 0.0239 e. The normalized spacial score (nSPS) is 7.50. The molecule has 0 atom stereocenters. The van der Waals surface area contributed by atoms with E-state index in [1.807, 2.05) is 0 Å². The number of hydrogen-bond donors (Lipinski definition) is 2. The van der Waals surface area contributed by atoms with Gasteiger partial charge in [-0.3, -0.25) is 10.9 Å². The van der Waals surface area contributed by atoms with Crippen molar-refractivity contribution in [2.24, 2.45) is 0 Å². The van der Waals surface area contributed by atoms with E-state index in [1.165, 1.54) is 0 Å². The molecule has 0 saturated carbocycles. The first-order valence-corrected chi connectivity index (χ1v) is 1.10. The number of hydrogen-bond acceptors (Lipinski definition) is 2. The highest BCUT2D eigenvalue weighted by Crippen LogP contribution is 1.14. The molecular weight excluding hydrogens is 52.0 g/mol. The van der Waals surface area contributed by atoms with Gasteiger partial charge in [0.05, 0.1) is 0 Å². The molecule has 0 unspecified atom stereocenters. The minimum absolute atomic E-state index is 1.76. The summed E-state index contributed by atoms with van der Waals surface area (Å²) in [6.07, 6.45) is 0. The first-order valence-electron chi connectivity index (χ1n) is 1.10. The van der Waals surface area contributed by atoms with Crippen molar-refractivity contribution in [2.45, 2.75) is 0 Å². The van der Waals surface area contributed by atoms with Gasteiger partial charge in [-0.05, 0) is 7.05 Å². The Morgan fingerprint density at radius 3 is 2.00 bits per heavy atom. The van der Waals surface area contributed by atoms with Gasteiger partial charge >= 0.3 is 0 Å². The molecule has 0 fully saturated rings. The first-order chi connectivity index (χ1) is 1.91. The summed E-state index contributed by atoms with van der Waals surface area (Å²) in [6.45, 7) is 0. The maximum Gasteiger partial charge on any atom is 0.0239 e. The predicted octanol–water partition coefficient (Wildman–Crippen LogP) is -0.498. The molecule has 0 spiro atoms. The molecule has 0 bridgehead atoms. The van der Waals surface area contributed by atoms with Gasteiger partial charge in [0.25, 0.3) is 0 Å². The summed E-state index contributed by atoms with van der Waals surface area (Å²) in [4.78, 5) is 0. The zero-order chi connectivity index (χ0) is 3.41. The molecule has 0 aromatic rings. The lowest BCUT2D eigenvalue weighted by Crippen LogP contribution is -2.18. The van der Waals surface area contributed by atoms with Gasteiger partial charge in [0.2, 0.25) is 0 Å². The van der Waals surface area contributed by atoms with Gasteiger partial charge < -0.3 is 0 Å². The van der Waals surface area contributed by atoms with Crippen molar-refractivity contribution >= 4 is 0 Å². The van der Waals surface area contributed by atoms with E-state index in [-0.39, 0.29) is 0 Å². The maximum absolute atomic E-state index is 3.24. The Kier molecular flexibility index (Phi) is 2.86. The summed E-state index contributed by atoms with van der Waals surface area (Å²) >= 11 is 0. The van der Waals surface area contributed by atoms with Crippen LogP contribution in [-0.2, 0) is 0 Å². The molecular formula is C2H7N2. The van der Waals surface area contributed by atoms with Crippen LogP contribution in [0.15, 0.2) is 0 Å². The lowest BCUT2D eigenvalue weighted by Gasteiger charge is -1.81. The molecule has 0 aliphatic heterocycles. The van der Waals surface area contributed by atoms with Crippen LogP contribution in [0.4, 0.5) is 0 Å². The molecule has 0 aliphatic carbocycles. The summed E-state index contributed by atoms with van der Waals surface area (Å²) in [5.74, 6) is 0. The Morgan fingerprint density at radius 1 is 1.75 bits per heavy atom. The second-order valence-electron chi connectivity index (χ2n) is 0.427. The van der Waals surface area contributed by atoms with Crippen molar-refractivity contribution in [2.75, 3.05) is 7.05 Å². The van der Waals surface area contributed by atoms with Gasteiger partial charge in [-0.2, -0.15) is 0 Å². The molecule has 4 heavy (non-hydrogen) atoms. The first kappa shape index (κ1) is 3.92. The average Bonchev–Trinajstić information content (AvgIpc) is 1.37. The van der Waals surface area contributed by atoms with Gasteiger partial charge in [0, 0.05) is 7.05 Å². The summed E-state index contributed by atoms with van der Waals surface area (Å²) < 4.78 is 0. The monoisotopic (exact) mass is 59.1 g/mol. The number of hydrazine groups is 1. The van der Waals surface area contributed by atoms with Crippen LogP contribution in [0.3, 0.4) is 0 Å². The highest BCUT2D eigenvalue weighted by atomic mass is 15.3. The highest BCUT2D eigenvalue weighted by Gasteiger charge is 1.44. The second-order valence-corrected chi connectivity index (χ2v) is 0.427. The molecule has 0 heterocycles. The Balaban J connectivity index is 1.97. The SMILES string of the molecule is [CH2]NNC. The zero-order valence-electron chi connectivity index (χ0n) is 2.71. The fraction of sp³-hybridized carbons (Fsp3) is 0.500. The zero-order valence-corrected chi connectivity index (χ0v) is 2.71. The standard InChI is InChI=1S/C2H7N2/c1-3-4-2/h3-4H,1H2,2H3. The van der Waals surface area contributed by atoms with Crippen molar-refractivity contribution in [3.05, 3.63) is 7.05 Å². The van der Waals surface area contributed by atoms with Crippen LogP contribution >= 0.6 is 0 Å². The largest absolute Gasteiger partial charge is 0.261 e. The lowest BCUT2D eigenvalue weighted by molar-refractivity contribution is 0.727. The van der Waals surface area contributed by atoms with Crippen molar-refractivity contribution < 1.29 is 0 Å². The maximum atomic E-state index is 3.24. The summed E-state index contributed by atoms with van der Waals surface area (Å²) in [6, 6.07) is 0. The lowest BCUT2D eigenvalue weighted by atomic mass is 11.4. The Hall–Kier alpha value is -0.0800. The van der Waals surface area contributed by atoms with Crippen LogP contribution in [0.25, 0.3) is 0 Å². The molecule has 0 aromatic carbocycles. The van der Waals surface area contributed by atoms with Crippen LogP contribution in [0.1, 0.15) is 0 Å². The molecule has 1 radical (unpaired) electrons. The van der Waals surface area contributed by atoms with Gasteiger partial charge in [0.15, 0.2) is 0 Å². The van der Waals surface area contributed by atoms with Gasteiger partial charge in [-0.25, -0.2) is 0 Å². The molecule has 2 nitrogen and oxygen atoms in total. The summed E-state index contributed by atoms with van der Waals surface area (Å²) in [7, 11) is 5.00. The molecule has 0 amide bonds. The molecule has 0 rings (SSSR count). The quantitative estimate of drug-likeness (QED) is 0.398. The third-order valence-corrected chi connectivity index (χ3v) is 0.177. The van der Waals surface area contributed by atoms with Gasteiger partial charge in [-0.1, -0.05) is 0 Å². The Morgan fingerprint density at radius 2 is 2.00 bits per heavy atom. The molecule has 2 N–H and O–H groups in total. The highest BCUT2D eigenvalue weighted by molar-refractivity contribution is 4.13. The van der Waals surface area contributed by atoms with E-state index in [2.05, 4.69) is 17.9 Å². The van der Waals surface area contributed by atoms with E-state index in [1.54, 1.807) is 7.05 Å². The van der Waals surface area contributed by atoms with E-state index in [0.29, 0.717) is 0 Å². The molecule has 25 valence electrons. The fourth-order valence-corrected chi connectivity index (χ4v) is 0. The molecule has 2 heteroatoms.